The van der Waals surface area contributed by atoms with Gasteiger partial charge in [-0.1, -0.05) is 24.3 Å². The first kappa shape index (κ1) is 18.6. The van der Waals surface area contributed by atoms with Crippen LogP contribution in [0.5, 0.6) is 0 Å². The van der Waals surface area contributed by atoms with Gasteiger partial charge < -0.3 is 15.2 Å². The lowest BCUT2D eigenvalue weighted by Crippen LogP contribution is -2.43. The van der Waals surface area contributed by atoms with Crippen molar-refractivity contribution in [1.29, 1.82) is 0 Å². The molecule has 25 heavy (non-hydrogen) atoms. The Kier molecular flexibility index (Phi) is 5.33. The second-order valence-electron chi connectivity index (χ2n) is 8.76. The van der Waals surface area contributed by atoms with Crippen LogP contribution in [0.4, 0.5) is 0 Å². The molecule has 1 atom stereocenters. The molecular weight excluding hydrogens is 314 g/mol. The van der Waals surface area contributed by atoms with E-state index in [1.165, 1.54) is 5.56 Å². The highest BCUT2D eigenvalue weighted by molar-refractivity contribution is 6.04. The van der Waals surface area contributed by atoms with Gasteiger partial charge in [-0.3, -0.25) is 4.79 Å². The number of rotatable bonds is 5. The molecule has 1 saturated carbocycles. The van der Waals surface area contributed by atoms with Gasteiger partial charge in [0.2, 0.25) is 0 Å². The second-order valence-corrected chi connectivity index (χ2v) is 8.76. The summed E-state index contributed by atoms with van der Waals surface area (Å²) in [6.45, 7) is 7.14. The van der Waals surface area contributed by atoms with Gasteiger partial charge in [-0.2, -0.15) is 0 Å². The minimum Gasteiger partial charge on any atom is -0.389 e. The smallest absolute Gasteiger partial charge is 0.169 e. The van der Waals surface area contributed by atoms with Gasteiger partial charge in [-0.15, -0.1) is 0 Å². The van der Waals surface area contributed by atoms with Crippen molar-refractivity contribution in [2.24, 2.45) is 5.41 Å². The molecule has 1 unspecified atom stereocenters. The molecule has 0 aromatic heterocycles. The molecule has 1 spiro atoms. The standard InChI is InChI=1S/C21H31NO3/c1-20(2,3)22-13-16(23)14-25-17-8-10-21(11-9-17)12-15-6-4-5-7-18(15)19(21)24/h4-7,16-17,22-23H,8-14H2,1-3H3. The van der Waals surface area contributed by atoms with E-state index in [-0.39, 0.29) is 17.1 Å². The largest absolute Gasteiger partial charge is 0.389 e. The third-order valence-corrected chi connectivity index (χ3v) is 5.55. The number of hydrogen-bond acceptors (Lipinski definition) is 4. The van der Waals surface area contributed by atoms with Crippen LogP contribution in [-0.4, -0.2) is 41.8 Å². The van der Waals surface area contributed by atoms with Gasteiger partial charge in [0.1, 0.15) is 0 Å². The van der Waals surface area contributed by atoms with E-state index in [2.05, 4.69) is 32.2 Å². The van der Waals surface area contributed by atoms with Crippen LogP contribution in [0.3, 0.4) is 0 Å². The molecule has 4 nitrogen and oxygen atoms in total. The van der Waals surface area contributed by atoms with E-state index in [1.54, 1.807) is 0 Å². The van der Waals surface area contributed by atoms with Crippen molar-refractivity contribution >= 4 is 5.78 Å². The van der Waals surface area contributed by atoms with E-state index in [4.69, 9.17) is 4.74 Å². The predicted octanol–water partition coefficient (Wildman–Crippen LogP) is 3.12. The molecular formula is C21H31NO3. The fourth-order valence-electron chi connectivity index (χ4n) is 4.07. The number of benzene rings is 1. The molecule has 2 aliphatic rings. The van der Waals surface area contributed by atoms with Gasteiger partial charge in [-0.25, -0.2) is 0 Å². The van der Waals surface area contributed by atoms with Gasteiger partial charge in [0, 0.05) is 23.1 Å². The van der Waals surface area contributed by atoms with E-state index < -0.39 is 6.10 Å². The maximum Gasteiger partial charge on any atom is 0.169 e. The number of fused-ring (bicyclic) bond motifs is 1. The molecule has 138 valence electrons. The summed E-state index contributed by atoms with van der Waals surface area (Å²) in [5, 5.41) is 13.4. The van der Waals surface area contributed by atoms with E-state index in [0.717, 1.165) is 37.7 Å². The number of nitrogens with one attached hydrogen (secondary N) is 1. The molecule has 2 N–H and O–H groups in total. The maximum absolute atomic E-state index is 12.8. The average Bonchev–Trinajstić information content (AvgIpc) is 2.84. The van der Waals surface area contributed by atoms with Gasteiger partial charge in [0.15, 0.2) is 5.78 Å². The number of ether oxygens (including phenoxy) is 1. The molecule has 3 rings (SSSR count). The van der Waals surface area contributed by atoms with Crippen molar-refractivity contribution in [3.8, 4) is 0 Å². The van der Waals surface area contributed by atoms with Crippen LogP contribution in [0.15, 0.2) is 24.3 Å². The van der Waals surface area contributed by atoms with Crippen molar-refractivity contribution in [2.45, 2.75) is 70.6 Å². The van der Waals surface area contributed by atoms with E-state index in [1.807, 2.05) is 18.2 Å². The molecule has 1 aromatic rings. The third kappa shape index (κ3) is 4.30. The van der Waals surface area contributed by atoms with Gasteiger partial charge in [-0.05, 0) is 58.4 Å². The zero-order valence-electron chi connectivity index (χ0n) is 15.7. The number of hydrogen-bond donors (Lipinski definition) is 2. The number of aliphatic hydroxyl groups excluding tert-OH is 1. The topological polar surface area (TPSA) is 58.6 Å². The quantitative estimate of drug-likeness (QED) is 0.861. The molecule has 0 bridgehead atoms. The average molecular weight is 345 g/mol. The lowest BCUT2D eigenvalue weighted by atomic mass is 9.70. The Balaban J connectivity index is 1.46. The molecule has 4 heteroatoms. The summed E-state index contributed by atoms with van der Waals surface area (Å²) < 4.78 is 5.92. The number of carbonyl (C=O) groups is 1. The molecule has 1 aromatic carbocycles. The number of aliphatic hydroxyl groups is 1. The summed E-state index contributed by atoms with van der Waals surface area (Å²) in [5.41, 5.74) is 1.92. The molecule has 2 aliphatic carbocycles. The lowest BCUT2D eigenvalue weighted by molar-refractivity contribution is -0.0375. The van der Waals surface area contributed by atoms with Gasteiger partial charge in [0.25, 0.3) is 0 Å². The highest BCUT2D eigenvalue weighted by atomic mass is 16.5. The Hall–Kier alpha value is -1.23. The van der Waals surface area contributed by atoms with Gasteiger partial charge in [0.05, 0.1) is 18.8 Å². The van der Waals surface area contributed by atoms with Crippen molar-refractivity contribution in [3.05, 3.63) is 35.4 Å². The highest BCUT2D eigenvalue weighted by Crippen LogP contribution is 2.47. The summed E-state index contributed by atoms with van der Waals surface area (Å²) in [5.74, 6) is 0.330. The predicted molar refractivity (Wildman–Crippen MR) is 98.9 cm³/mol. The van der Waals surface area contributed by atoms with Crippen LogP contribution in [0.2, 0.25) is 0 Å². The third-order valence-electron chi connectivity index (χ3n) is 5.55. The Labute approximate surface area is 151 Å². The minimum absolute atomic E-state index is 0.00393. The van der Waals surface area contributed by atoms with E-state index in [9.17, 15) is 9.90 Å². The zero-order chi connectivity index (χ0) is 18.1. The normalized spacial score (nSPS) is 27.5. The molecule has 0 amide bonds. The number of Topliss-reactive ketones (excluding diaryl/α,β-unsaturated/α-hetero) is 1. The first-order chi connectivity index (χ1) is 11.8. The zero-order valence-corrected chi connectivity index (χ0v) is 15.7. The van der Waals surface area contributed by atoms with Crippen LogP contribution >= 0.6 is 0 Å². The first-order valence-electron chi connectivity index (χ1n) is 9.46. The summed E-state index contributed by atoms with van der Waals surface area (Å²) >= 11 is 0. The SMILES string of the molecule is CC(C)(C)NCC(O)COC1CCC2(CC1)Cc1ccccc1C2=O. The highest BCUT2D eigenvalue weighted by Gasteiger charge is 2.47. The Morgan fingerprint density at radius 1 is 1.28 bits per heavy atom. The summed E-state index contributed by atoms with van der Waals surface area (Å²) in [6, 6.07) is 8.03. The molecule has 0 radical (unpaired) electrons. The minimum atomic E-state index is -0.493. The molecule has 0 heterocycles. The lowest BCUT2D eigenvalue weighted by Gasteiger charge is -2.36. The monoisotopic (exact) mass is 345 g/mol. The maximum atomic E-state index is 12.8. The van der Waals surface area contributed by atoms with Crippen molar-refractivity contribution in [1.82, 2.24) is 5.32 Å². The first-order valence-corrected chi connectivity index (χ1v) is 9.46. The number of ketones is 1. The van der Waals surface area contributed by atoms with Crippen LogP contribution in [0.25, 0.3) is 0 Å². The van der Waals surface area contributed by atoms with E-state index in [0.29, 0.717) is 18.9 Å². The van der Waals surface area contributed by atoms with Gasteiger partial charge >= 0.3 is 0 Å². The number of carbonyl (C=O) groups excluding carboxylic acids is 1. The fraction of sp³-hybridized carbons (Fsp3) is 0.667. The van der Waals surface area contributed by atoms with Crippen LogP contribution < -0.4 is 5.32 Å². The fourth-order valence-corrected chi connectivity index (χ4v) is 4.07. The van der Waals surface area contributed by atoms with Crippen molar-refractivity contribution < 1.29 is 14.6 Å². The summed E-state index contributed by atoms with van der Waals surface area (Å²) in [6.07, 6.45) is 4.13. The van der Waals surface area contributed by atoms with Crippen LogP contribution in [0.1, 0.15) is 62.4 Å². The van der Waals surface area contributed by atoms with Crippen molar-refractivity contribution in [2.75, 3.05) is 13.2 Å². The van der Waals surface area contributed by atoms with Crippen LogP contribution in [-0.2, 0) is 11.2 Å². The Morgan fingerprint density at radius 2 is 1.96 bits per heavy atom. The van der Waals surface area contributed by atoms with Crippen molar-refractivity contribution in [3.63, 3.8) is 0 Å². The molecule has 0 aliphatic heterocycles. The van der Waals surface area contributed by atoms with Crippen LogP contribution in [0, 0.1) is 5.41 Å². The Bertz CT molecular complexity index is 612. The second kappa shape index (κ2) is 7.18. The molecule has 1 fully saturated rings. The van der Waals surface area contributed by atoms with E-state index >= 15 is 0 Å². The number of β-amino-alcohol motifs (C(OH)–C–C–N with tert-alkyl or cyclic N) is 1. The molecule has 0 saturated heterocycles. The summed E-state index contributed by atoms with van der Waals surface area (Å²) in [4.78, 5) is 12.8. The summed E-state index contributed by atoms with van der Waals surface area (Å²) in [7, 11) is 0. The Morgan fingerprint density at radius 3 is 2.60 bits per heavy atom.